The average molecular weight is 371 g/mol. The molecule has 6 heteroatoms. The summed E-state index contributed by atoms with van der Waals surface area (Å²) in [6, 6.07) is 14.0. The Bertz CT molecular complexity index is 760. The van der Waals surface area contributed by atoms with E-state index in [1.165, 1.54) is 7.11 Å². The SMILES string of the molecule is CCOC(=O)C(Cc1ccccc1)NC(=O)Cc1ccc(OC)cc1OC. The Morgan fingerprint density at radius 3 is 2.41 bits per heavy atom. The summed E-state index contributed by atoms with van der Waals surface area (Å²) in [6.45, 7) is 1.99. The van der Waals surface area contributed by atoms with Gasteiger partial charge in [0.2, 0.25) is 5.91 Å². The summed E-state index contributed by atoms with van der Waals surface area (Å²) in [5.41, 5.74) is 1.65. The van der Waals surface area contributed by atoms with E-state index in [-0.39, 0.29) is 18.9 Å². The third-order valence-electron chi connectivity index (χ3n) is 4.03. The zero-order valence-electron chi connectivity index (χ0n) is 15.9. The van der Waals surface area contributed by atoms with Gasteiger partial charge in [0.1, 0.15) is 17.5 Å². The standard InChI is InChI=1S/C21H25NO5/c1-4-27-21(24)18(12-15-8-6-5-7-9-15)22-20(23)13-16-10-11-17(25-2)14-19(16)26-3/h5-11,14,18H,4,12-13H2,1-3H3,(H,22,23). The van der Waals surface area contributed by atoms with Crippen molar-refractivity contribution in [1.82, 2.24) is 5.32 Å². The third-order valence-corrected chi connectivity index (χ3v) is 4.03. The van der Waals surface area contributed by atoms with Gasteiger partial charge < -0.3 is 19.5 Å². The lowest BCUT2D eigenvalue weighted by Gasteiger charge is -2.18. The van der Waals surface area contributed by atoms with Crippen molar-refractivity contribution in [2.45, 2.75) is 25.8 Å². The number of esters is 1. The average Bonchev–Trinajstić information content (AvgIpc) is 2.68. The van der Waals surface area contributed by atoms with Crippen molar-refractivity contribution >= 4 is 11.9 Å². The fraction of sp³-hybridized carbons (Fsp3) is 0.333. The van der Waals surface area contributed by atoms with Gasteiger partial charge in [-0.2, -0.15) is 0 Å². The minimum absolute atomic E-state index is 0.0812. The van der Waals surface area contributed by atoms with Crippen LogP contribution in [-0.2, 0) is 27.2 Å². The smallest absolute Gasteiger partial charge is 0.328 e. The molecule has 1 N–H and O–H groups in total. The first-order chi connectivity index (χ1) is 13.1. The van der Waals surface area contributed by atoms with E-state index in [2.05, 4.69) is 5.32 Å². The first-order valence-corrected chi connectivity index (χ1v) is 8.78. The largest absolute Gasteiger partial charge is 0.497 e. The number of hydrogen-bond acceptors (Lipinski definition) is 5. The van der Waals surface area contributed by atoms with E-state index in [1.54, 1.807) is 32.2 Å². The van der Waals surface area contributed by atoms with Crippen molar-refractivity contribution in [2.24, 2.45) is 0 Å². The molecule has 1 amide bonds. The van der Waals surface area contributed by atoms with Crippen molar-refractivity contribution in [2.75, 3.05) is 20.8 Å². The molecule has 2 rings (SSSR count). The number of hydrogen-bond donors (Lipinski definition) is 1. The van der Waals surface area contributed by atoms with Crippen LogP contribution in [0.4, 0.5) is 0 Å². The van der Waals surface area contributed by atoms with Crippen LogP contribution in [0, 0.1) is 0 Å². The quantitative estimate of drug-likeness (QED) is 0.686. The topological polar surface area (TPSA) is 73.9 Å². The Labute approximate surface area is 159 Å². The third kappa shape index (κ3) is 6.02. The molecule has 0 saturated carbocycles. The molecular weight excluding hydrogens is 346 g/mol. The molecule has 0 spiro atoms. The van der Waals surface area contributed by atoms with Crippen LogP contribution in [-0.4, -0.2) is 38.7 Å². The van der Waals surface area contributed by atoms with Gasteiger partial charge in [0.25, 0.3) is 0 Å². The fourth-order valence-corrected chi connectivity index (χ4v) is 2.70. The lowest BCUT2D eigenvalue weighted by Crippen LogP contribution is -2.44. The second kappa shape index (κ2) is 10.2. The fourth-order valence-electron chi connectivity index (χ4n) is 2.70. The molecule has 6 nitrogen and oxygen atoms in total. The predicted octanol–water partition coefficient (Wildman–Crippen LogP) is 2.54. The second-order valence-corrected chi connectivity index (χ2v) is 5.92. The number of amides is 1. The zero-order valence-corrected chi connectivity index (χ0v) is 15.9. The summed E-state index contributed by atoms with van der Waals surface area (Å²) in [4.78, 5) is 24.8. The van der Waals surface area contributed by atoms with Crippen LogP contribution in [0.2, 0.25) is 0 Å². The van der Waals surface area contributed by atoms with Crippen LogP contribution in [0.1, 0.15) is 18.1 Å². The van der Waals surface area contributed by atoms with Crippen LogP contribution in [0.25, 0.3) is 0 Å². The zero-order chi connectivity index (χ0) is 19.6. The number of nitrogens with one attached hydrogen (secondary N) is 1. The van der Waals surface area contributed by atoms with Crippen molar-refractivity contribution in [3.8, 4) is 11.5 Å². The highest BCUT2D eigenvalue weighted by Gasteiger charge is 2.23. The molecule has 0 bridgehead atoms. The lowest BCUT2D eigenvalue weighted by molar-refractivity contribution is -0.147. The summed E-state index contributed by atoms with van der Waals surface area (Å²) in [7, 11) is 3.10. The molecule has 1 unspecified atom stereocenters. The summed E-state index contributed by atoms with van der Waals surface area (Å²) < 4.78 is 15.6. The van der Waals surface area contributed by atoms with Gasteiger partial charge >= 0.3 is 5.97 Å². The minimum atomic E-state index is -0.746. The maximum Gasteiger partial charge on any atom is 0.328 e. The number of carbonyl (C=O) groups excluding carboxylic acids is 2. The number of rotatable bonds is 9. The predicted molar refractivity (Wildman–Crippen MR) is 102 cm³/mol. The Morgan fingerprint density at radius 2 is 1.78 bits per heavy atom. The number of carbonyl (C=O) groups is 2. The Morgan fingerprint density at radius 1 is 1.04 bits per heavy atom. The lowest BCUT2D eigenvalue weighted by atomic mass is 10.0. The highest BCUT2D eigenvalue weighted by Crippen LogP contribution is 2.25. The molecule has 0 aliphatic rings. The van der Waals surface area contributed by atoms with Crippen LogP contribution in [0.5, 0.6) is 11.5 Å². The van der Waals surface area contributed by atoms with Crippen molar-refractivity contribution < 1.29 is 23.8 Å². The van der Waals surface area contributed by atoms with Gasteiger partial charge in [-0.1, -0.05) is 36.4 Å². The van der Waals surface area contributed by atoms with E-state index in [1.807, 2.05) is 30.3 Å². The van der Waals surface area contributed by atoms with E-state index >= 15 is 0 Å². The van der Waals surface area contributed by atoms with Gasteiger partial charge in [-0.05, 0) is 18.6 Å². The van der Waals surface area contributed by atoms with Gasteiger partial charge in [-0.15, -0.1) is 0 Å². The van der Waals surface area contributed by atoms with E-state index < -0.39 is 12.0 Å². The Kier molecular flexibility index (Phi) is 7.67. The van der Waals surface area contributed by atoms with Crippen molar-refractivity contribution in [1.29, 1.82) is 0 Å². The molecule has 0 fully saturated rings. The summed E-state index contributed by atoms with van der Waals surface area (Å²) in [5, 5.41) is 2.78. The van der Waals surface area contributed by atoms with Crippen LogP contribution >= 0.6 is 0 Å². The van der Waals surface area contributed by atoms with E-state index in [4.69, 9.17) is 14.2 Å². The Balaban J connectivity index is 2.10. The summed E-state index contributed by atoms with van der Waals surface area (Å²) >= 11 is 0. The molecule has 0 heterocycles. The highest BCUT2D eigenvalue weighted by atomic mass is 16.5. The molecule has 27 heavy (non-hydrogen) atoms. The van der Waals surface area contributed by atoms with Crippen LogP contribution < -0.4 is 14.8 Å². The maximum absolute atomic E-state index is 12.5. The van der Waals surface area contributed by atoms with E-state index in [0.29, 0.717) is 23.5 Å². The molecule has 2 aromatic carbocycles. The van der Waals surface area contributed by atoms with Crippen LogP contribution in [0.3, 0.4) is 0 Å². The molecular formula is C21H25NO5. The van der Waals surface area contributed by atoms with Gasteiger partial charge in [0.15, 0.2) is 0 Å². The van der Waals surface area contributed by atoms with Crippen molar-refractivity contribution in [3.05, 3.63) is 59.7 Å². The van der Waals surface area contributed by atoms with Gasteiger partial charge in [-0.3, -0.25) is 4.79 Å². The molecule has 0 aliphatic carbocycles. The number of methoxy groups -OCH3 is 2. The molecule has 1 atom stereocenters. The highest BCUT2D eigenvalue weighted by molar-refractivity contribution is 5.86. The molecule has 0 radical (unpaired) electrons. The molecule has 144 valence electrons. The summed E-state index contributed by atoms with van der Waals surface area (Å²) in [5.74, 6) is 0.466. The minimum Gasteiger partial charge on any atom is -0.497 e. The van der Waals surface area contributed by atoms with Gasteiger partial charge in [0.05, 0.1) is 27.2 Å². The van der Waals surface area contributed by atoms with E-state index in [0.717, 1.165) is 5.56 Å². The summed E-state index contributed by atoms with van der Waals surface area (Å²) in [6.07, 6.45) is 0.447. The molecule has 0 aromatic heterocycles. The molecule has 0 aliphatic heterocycles. The number of ether oxygens (including phenoxy) is 3. The van der Waals surface area contributed by atoms with Crippen LogP contribution in [0.15, 0.2) is 48.5 Å². The number of benzene rings is 2. The Hall–Kier alpha value is -3.02. The second-order valence-electron chi connectivity index (χ2n) is 5.92. The maximum atomic E-state index is 12.5. The van der Waals surface area contributed by atoms with Gasteiger partial charge in [0, 0.05) is 18.1 Å². The van der Waals surface area contributed by atoms with Crippen molar-refractivity contribution in [3.63, 3.8) is 0 Å². The normalized spacial score (nSPS) is 11.4. The monoisotopic (exact) mass is 371 g/mol. The molecule has 0 saturated heterocycles. The first kappa shape index (κ1) is 20.3. The molecule has 2 aromatic rings. The van der Waals surface area contributed by atoms with E-state index in [9.17, 15) is 9.59 Å². The first-order valence-electron chi connectivity index (χ1n) is 8.78. The van der Waals surface area contributed by atoms with Gasteiger partial charge in [-0.25, -0.2) is 4.79 Å².